The molecule has 0 bridgehead atoms. The minimum Gasteiger partial charge on any atom is -0.345 e. The van der Waals surface area contributed by atoms with Gasteiger partial charge in [0.05, 0.1) is 22.2 Å². The van der Waals surface area contributed by atoms with E-state index in [4.69, 9.17) is 10.4 Å². The van der Waals surface area contributed by atoms with Crippen molar-refractivity contribution >= 4 is 64.8 Å². The van der Waals surface area contributed by atoms with Gasteiger partial charge in [-0.3, -0.25) is 20.0 Å². The van der Waals surface area contributed by atoms with Crippen LogP contribution >= 0.6 is 22.7 Å². The smallest absolute Gasteiger partial charge is 0.286 e. The number of amides is 2. The summed E-state index contributed by atoms with van der Waals surface area (Å²) in [6, 6.07) is 6.10. The van der Waals surface area contributed by atoms with E-state index in [0.717, 1.165) is 40.9 Å². The first-order chi connectivity index (χ1) is 24.6. The highest BCUT2D eigenvalue weighted by molar-refractivity contribution is 7.89. The monoisotopic (exact) mass is 804 g/mol. The van der Waals surface area contributed by atoms with Gasteiger partial charge in [0, 0.05) is 52.4 Å². The zero-order valence-electron chi connectivity index (χ0n) is 27.1. The van der Waals surface area contributed by atoms with Gasteiger partial charge in [-0.25, -0.2) is 50.9 Å². The summed E-state index contributed by atoms with van der Waals surface area (Å²) < 4.78 is 92.8. The second kappa shape index (κ2) is 16.2. The van der Waals surface area contributed by atoms with Crippen molar-refractivity contribution in [3.63, 3.8) is 0 Å². The lowest BCUT2D eigenvalue weighted by atomic mass is 10.2. The Labute approximate surface area is 303 Å². The third kappa shape index (κ3) is 8.52. The summed E-state index contributed by atoms with van der Waals surface area (Å²) in [6.45, 7) is 3.77. The first kappa shape index (κ1) is 39.0. The Bertz CT molecular complexity index is 2150. The number of halogens is 3. The van der Waals surface area contributed by atoms with Gasteiger partial charge in [0.25, 0.3) is 11.8 Å². The first-order valence-corrected chi connectivity index (χ1v) is 19.7. The fraction of sp³-hybridized carbons (Fsp3) is 0.310. The molecule has 0 aliphatic carbocycles. The fourth-order valence-corrected chi connectivity index (χ4v) is 9.99. The predicted octanol–water partition coefficient (Wildman–Crippen LogP) is 2.27. The number of piperazine rings is 2. The van der Waals surface area contributed by atoms with Crippen molar-refractivity contribution in [3.8, 4) is 0 Å². The van der Waals surface area contributed by atoms with Crippen molar-refractivity contribution < 1.29 is 50.0 Å². The average molecular weight is 805 g/mol. The number of benzene rings is 2. The normalized spacial score (nSPS) is 15.9. The van der Waals surface area contributed by atoms with Crippen molar-refractivity contribution in [2.75, 3.05) is 62.2 Å². The van der Waals surface area contributed by atoms with E-state index < -0.39 is 49.3 Å². The van der Waals surface area contributed by atoms with Crippen molar-refractivity contribution in [2.24, 2.45) is 0 Å². The fourth-order valence-electron chi connectivity index (χ4n) is 5.21. The van der Waals surface area contributed by atoms with Gasteiger partial charge in [0.1, 0.15) is 15.6 Å². The summed E-state index contributed by atoms with van der Waals surface area (Å²) in [6.07, 6.45) is 2.67. The molecule has 0 atom stereocenters. The zero-order valence-corrected chi connectivity index (χ0v) is 30.3. The number of carbonyl (C=O) groups excluding carboxylic acids is 2. The highest BCUT2D eigenvalue weighted by atomic mass is 32.2. The van der Waals surface area contributed by atoms with Crippen LogP contribution < -0.4 is 20.8 Å². The Hall–Kier alpha value is -4.23. The Balaban J connectivity index is 0.000000201. The number of aromatic nitrogens is 2. The number of sulfonamides is 2. The summed E-state index contributed by atoms with van der Waals surface area (Å²) in [5.74, 6) is -4.12. The molecule has 2 amide bonds. The van der Waals surface area contributed by atoms with Crippen LogP contribution in [-0.2, 0) is 20.0 Å². The molecule has 0 spiro atoms. The maximum Gasteiger partial charge on any atom is 0.286 e. The quantitative estimate of drug-likeness (QED) is 0.150. The third-order valence-corrected chi connectivity index (χ3v) is 14.0. The molecule has 2 aromatic carbocycles. The van der Waals surface area contributed by atoms with Crippen LogP contribution in [-0.4, -0.2) is 110 Å². The van der Waals surface area contributed by atoms with Crippen molar-refractivity contribution in [3.05, 3.63) is 81.6 Å². The number of aryl methyl sites for hydroxylation is 1. The SMILES string of the molecule is Cc1cc(F)ccc1S(=O)(=O)N1CCN(c2ncc(C(=O)NO)s2)CC1.O=C(NO)c1cnc(N2CCN(S(=O)(=O)c3ccc(F)c(F)c3)CC2)s1. The third-order valence-electron chi connectivity index (χ3n) is 7.94. The lowest BCUT2D eigenvalue weighted by molar-refractivity contribution is 0.0706. The number of thiazole rings is 2. The van der Waals surface area contributed by atoms with Gasteiger partial charge in [-0.05, 0) is 48.9 Å². The number of carbonyl (C=O) groups is 2. The molecular weight excluding hydrogens is 774 g/mol. The zero-order chi connectivity index (χ0) is 37.8. The van der Waals surface area contributed by atoms with E-state index in [2.05, 4.69) is 9.97 Å². The number of nitrogens with zero attached hydrogens (tertiary/aromatic N) is 6. The second-order valence-corrected chi connectivity index (χ2v) is 17.0. The van der Waals surface area contributed by atoms with E-state index in [1.807, 2.05) is 4.90 Å². The molecule has 23 heteroatoms. The van der Waals surface area contributed by atoms with Crippen LogP contribution in [0.2, 0.25) is 0 Å². The van der Waals surface area contributed by atoms with Crippen LogP contribution in [0.25, 0.3) is 0 Å². The van der Waals surface area contributed by atoms with E-state index in [0.29, 0.717) is 48.1 Å². The number of anilines is 2. The lowest BCUT2D eigenvalue weighted by Crippen LogP contribution is -2.48. The predicted molar refractivity (Wildman–Crippen MR) is 182 cm³/mol. The Morgan fingerprint density at radius 2 is 1.17 bits per heavy atom. The van der Waals surface area contributed by atoms with Gasteiger partial charge in [0.15, 0.2) is 21.9 Å². The number of hydrogen-bond donors (Lipinski definition) is 4. The Morgan fingerprint density at radius 1 is 0.692 bits per heavy atom. The molecule has 2 saturated heterocycles. The van der Waals surface area contributed by atoms with Crippen molar-refractivity contribution in [2.45, 2.75) is 16.7 Å². The molecule has 4 N–H and O–H groups in total. The van der Waals surface area contributed by atoms with E-state index >= 15 is 0 Å². The molecule has 2 aromatic heterocycles. The Kier molecular flexibility index (Phi) is 12.1. The maximum absolute atomic E-state index is 13.3. The lowest BCUT2D eigenvalue weighted by Gasteiger charge is -2.34. The largest absolute Gasteiger partial charge is 0.345 e. The molecule has 280 valence electrons. The van der Waals surface area contributed by atoms with Crippen LogP contribution in [0.5, 0.6) is 0 Å². The summed E-state index contributed by atoms with van der Waals surface area (Å²) in [5.41, 5.74) is 3.44. The highest BCUT2D eigenvalue weighted by Crippen LogP contribution is 2.28. The van der Waals surface area contributed by atoms with Crippen LogP contribution in [0.15, 0.2) is 58.6 Å². The molecule has 0 radical (unpaired) electrons. The molecule has 0 saturated carbocycles. The summed E-state index contributed by atoms with van der Waals surface area (Å²) in [7, 11) is -7.63. The number of rotatable bonds is 8. The molecule has 16 nitrogen and oxygen atoms in total. The molecule has 2 aliphatic rings. The van der Waals surface area contributed by atoms with Gasteiger partial charge in [-0.2, -0.15) is 8.61 Å². The summed E-state index contributed by atoms with van der Waals surface area (Å²) >= 11 is 2.18. The minimum atomic E-state index is -3.93. The van der Waals surface area contributed by atoms with Crippen LogP contribution in [0.1, 0.15) is 24.9 Å². The molecule has 4 heterocycles. The van der Waals surface area contributed by atoms with Crippen LogP contribution in [0.3, 0.4) is 0 Å². The molecule has 4 aromatic rings. The molecule has 2 fully saturated rings. The van der Waals surface area contributed by atoms with Gasteiger partial charge in [-0.1, -0.05) is 22.7 Å². The van der Waals surface area contributed by atoms with E-state index in [9.17, 15) is 39.6 Å². The Morgan fingerprint density at radius 3 is 1.62 bits per heavy atom. The number of hydrogen-bond acceptors (Lipinski definition) is 14. The molecule has 0 unspecified atom stereocenters. The molecule has 2 aliphatic heterocycles. The summed E-state index contributed by atoms with van der Waals surface area (Å²) in [5, 5.41) is 18.4. The molecule has 52 heavy (non-hydrogen) atoms. The van der Waals surface area contributed by atoms with Gasteiger partial charge >= 0.3 is 0 Å². The van der Waals surface area contributed by atoms with E-state index in [-0.39, 0.29) is 45.7 Å². The minimum absolute atomic E-state index is 0.100. The molecular formula is C29H31F3N8O8S4. The van der Waals surface area contributed by atoms with E-state index in [1.165, 1.54) is 38.6 Å². The number of nitrogens with one attached hydrogen (secondary N) is 2. The van der Waals surface area contributed by atoms with Crippen LogP contribution in [0, 0.1) is 24.4 Å². The molecule has 6 rings (SSSR count). The van der Waals surface area contributed by atoms with Crippen molar-refractivity contribution in [1.82, 2.24) is 29.5 Å². The van der Waals surface area contributed by atoms with Gasteiger partial charge < -0.3 is 9.80 Å². The topological polar surface area (TPSA) is 206 Å². The standard InChI is InChI=1S/C15H17FN4O4S2.C14H14F2N4O4S2/c1-10-8-11(16)2-3-13(10)26(23,24)20-6-4-19(5-7-20)15-17-9-12(25-15)14(21)18-22;15-10-2-1-9(7-11(10)16)26(23,24)20-5-3-19(4-6-20)14-17-8-12(25-14)13(21)18-22/h2-3,8-9,22H,4-7H2,1H3,(H,18,21);1-2,7-8,22H,3-6H2,(H,18,21). The van der Waals surface area contributed by atoms with Gasteiger partial charge in [-0.15, -0.1) is 0 Å². The highest BCUT2D eigenvalue weighted by Gasteiger charge is 2.32. The average Bonchev–Trinajstić information content (AvgIpc) is 3.84. The maximum atomic E-state index is 13.3. The summed E-state index contributed by atoms with van der Waals surface area (Å²) in [4.78, 5) is 34.9. The second-order valence-electron chi connectivity index (χ2n) is 11.2. The number of hydroxylamine groups is 2. The first-order valence-electron chi connectivity index (χ1n) is 15.2. The van der Waals surface area contributed by atoms with Crippen LogP contribution in [0.4, 0.5) is 23.4 Å². The van der Waals surface area contributed by atoms with Gasteiger partial charge in [0.2, 0.25) is 20.0 Å². The van der Waals surface area contributed by atoms with Crippen molar-refractivity contribution in [1.29, 1.82) is 0 Å². The van der Waals surface area contributed by atoms with E-state index in [1.54, 1.807) is 17.3 Å².